The minimum Gasteiger partial charge on any atom is -0.344 e. The predicted octanol–water partition coefficient (Wildman–Crippen LogP) is 1.40. The Bertz CT molecular complexity index is 296. The van der Waals surface area contributed by atoms with Crippen LogP contribution in [0.3, 0.4) is 0 Å². The molecule has 0 saturated carbocycles. The molecule has 1 rings (SSSR count). The van der Waals surface area contributed by atoms with Crippen LogP contribution in [-0.4, -0.2) is 56.7 Å². The lowest BCUT2D eigenvalue weighted by Crippen LogP contribution is -2.28. The van der Waals surface area contributed by atoms with Crippen molar-refractivity contribution in [1.82, 2.24) is 9.80 Å². The van der Waals surface area contributed by atoms with Crippen LogP contribution < -0.4 is 0 Å². The first kappa shape index (κ1) is 13.5. The van der Waals surface area contributed by atoms with Gasteiger partial charge in [0.25, 0.3) is 0 Å². The Kier molecular flexibility index (Phi) is 4.77. The number of rotatable bonds is 5. The first-order chi connectivity index (χ1) is 7.52. The number of guanidine groups is 1. The van der Waals surface area contributed by atoms with Gasteiger partial charge in [-0.05, 0) is 6.42 Å². The van der Waals surface area contributed by atoms with E-state index < -0.39 is 7.75 Å². The van der Waals surface area contributed by atoms with Crippen molar-refractivity contribution >= 4 is 13.7 Å². The van der Waals surface area contributed by atoms with E-state index in [-0.39, 0.29) is 0 Å². The summed E-state index contributed by atoms with van der Waals surface area (Å²) in [6, 6.07) is 0. The van der Waals surface area contributed by atoms with Crippen molar-refractivity contribution in [1.29, 1.82) is 0 Å². The van der Waals surface area contributed by atoms with E-state index in [0.717, 1.165) is 19.5 Å². The zero-order valence-electron chi connectivity index (χ0n) is 10.3. The largest absolute Gasteiger partial charge is 0.456 e. The van der Waals surface area contributed by atoms with Gasteiger partial charge in [0.2, 0.25) is 5.96 Å². The molecule has 0 aromatic carbocycles. The van der Waals surface area contributed by atoms with Crippen molar-refractivity contribution in [3.8, 4) is 0 Å². The third kappa shape index (κ3) is 3.20. The van der Waals surface area contributed by atoms with Gasteiger partial charge in [0, 0.05) is 34.3 Å². The highest BCUT2D eigenvalue weighted by Crippen LogP contribution is 2.49. The minimum atomic E-state index is -3.34. The molecule has 1 atom stereocenters. The molecule has 16 heavy (non-hydrogen) atoms. The summed E-state index contributed by atoms with van der Waals surface area (Å²) in [5.74, 6) is 0.654. The molecule has 0 N–H and O–H groups in total. The summed E-state index contributed by atoms with van der Waals surface area (Å²) in [7, 11) is 1.83. The van der Waals surface area contributed by atoms with Crippen molar-refractivity contribution < 1.29 is 13.6 Å². The minimum absolute atomic E-state index is 0.384. The molecule has 1 aliphatic rings. The second-order valence-corrected chi connectivity index (χ2v) is 5.49. The third-order valence-electron chi connectivity index (χ3n) is 2.35. The zero-order chi connectivity index (χ0) is 12.2. The van der Waals surface area contributed by atoms with E-state index in [1.807, 2.05) is 30.8 Å². The Morgan fingerprint density at radius 3 is 2.38 bits per heavy atom. The Morgan fingerprint density at radius 2 is 1.94 bits per heavy atom. The molecule has 0 bridgehead atoms. The van der Waals surface area contributed by atoms with Crippen LogP contribution in [0.15, 0.2) is 4.76 Å². The Balaban J connectivity index is 2.81. The third-order valence-corrected chi connectivity index (χ3v) is 3.75. The normalized spacial score (nSPS) is 20.1. The van der Waals surface area contributed by atoms with Gasteiger partial charge in [-0.1, -0.05) is 6.92 Å². The summed E-state index contributed by atoms with van der Waals surface area (Å²) < 4.78 is 26.3. The van der Waals surface area contributed by atoms with Crippen LogP contribution in [0.2, 0.25) is 0 Å². The molecule has 1 fully saturated rings. The van der Waals surface area contributed by atoms with Crippen molar-refractivity contribution in [3.63, 3.8) is 0 Å². The maximum Gasteiger partial charge on any atom is 0.456 e. The standard InChI is InChI=1S/C9H20N3O3P/c1-5-8-15-16(13,14-4)10-9-11(2)6-7-12(9)3/h5-8H2,1-4H3. The van der Waals surface area contributed by atoms with E-state index >= 15 is 0 Å². The van der Waals surface area contributed by atoms with Crippen LogP contribution in [0.1, 0.15) is 13.3 Å². The van der Waals surface area contributed by atoms with E-state index in [4.69, 9.17) is 9.05 Å². The maximum absolute atomic E-state index is 12.1. The smallest absolute Gasteiger partial charge is 0.344 e. The van der Waals surface area contributed by atoms with E-state index in [1.54, 1.807) is 0 Å². The van der Waals surface area contributed by atoms with Crippen LogP contribution >= 0.6 is 7.75 Å². The summed E-state index contributed by atoms with van der Waals surface area (Å²) in [5.41, 5.74) is 0. The SMILES string of the molecule is CCCOP(=O)(N=C1N(C)CCN1C)OC. The highest BCUT2D eigenvalue weighted by molar-refractivity contribution is 7.52. The summed E-state index contributed by atoms with van der Waals surface area (Å²) in [6.45, 7) is 4.07. The van der Waals surface area contributed by atoms with Crippen LogP contribution in [-0.2, 0) is 13.6 Å². The van der Waals surface area contributed by atoms with E-state index in [0.29, 0.717) is 12.6 Å². The van der Waals surface area contributed by atoms with E-state index in [1.165, 1.54) is 7.11 Å². The summed E-state index contributed by atoms with van der Waals surface area (Å²) in [6.07, 6.45) is 0.782. The highest BCUT2D eigenvalue weighted by Gasteiger charge is 2.28. The predicted molar refractivity (Wildman–Crippen MR) is 63.6 cm³/mol. The van der Waals surface area contributed by atoms with Crippen molar-refractivity contribution in [2.24, 2.45) is 4.76 Å². The Hall–Kier alpha value is -0.580. The Labute approximate surface area is 96.8 Å². The fraction of sp³-hybridized carbons (Fsp3) is 0.889. The van der Waals surface area contributed by atoms with Gasteiger partial charge in [-0.3, -0.25) is 9.05 Å². The molecule has 0 spiro atoms. The molecular formula is C9H20N3O3P. The molecule has 6 nitrogen and oxygen atoms in total. The molecule has 1 unspecified atom stereocenters. The van der Waals surface area contributed by atoms with Gasteiger partial charge in [-0.2, -0.15) is 0 Å². The van der Waals surface area contributed by atoms with Gasteiger partial charge in [0.15, 0.2) is 0 Å². The van der Waals surface area contributed by atoms with Gasteiger partial charge >= 0.3 is 7.75 Å². The number of nitrogens with zero attached hydrogens (tertiary/aromatic N) is 3. The lowest BCUT2D eigenvalue weighted by molar-refractivity contribution is 0.234. The van der Waals surface area contributed by atoms with Crippen LogP contribution in [0.4, 0.5) is 0 Å². The van der Waals surface area contributed by atoms with Gasteiger partial charge in [0.1, 0.15) is 0 Å². The van der Waals surface area contributed by atoms with Gasteiger partial charge in [0.05, 0.1) is 6.61 Å². The van der Waals surface area contributed by atoms with Gasteiger partial charge in [-0.25, -0.2) is 4.57 Å². The lowest BCUT2D eigenvalue weighted by Gasteiger charge is -2.18. The van der Waals surface area contributed by atoms with Crippen molar-refractivity contribution in [3.05, 3.63) is 0 Å². The average molecular weight is 249 g/mol. The van der Waals surface area contributed by atoms with Crippen LogP contribution in [0, 0.1) is 0 Å². The quantitative estimate of drug-likeness (QED) is 0.689. The lowest BCUT2D eigenvalue weighted by atomic mass is 10.5. The number of hydrogen-bond acceptors (Lipinski definition) is 3. The molecule has 1 saturated heterocycles. The zero-order valence-corrected chi connectivity index (χ0v) is 11.2. The highest BCUT2D eigenvalue weighted by atomic mass is 31.2. The summed E-state index contributed by atoms with van der Waals surface area (Å²) >= 11 is 0. The molecule has 0 aliphatic carbocycles. The molecule has 7 heteroatoms. The second kappa shape index (κ2) is 5.66. The van der Waals surface area contributed by atoms with E-state index in [2.05, 4.69) is 4.76 Å². The molecule has 0 aromatic heterocycles. The molecular weight excluding hydrogens is 229 g/mol. The summed E-state index contributed by atoms with van der Waals surface area (Å²) in [4.78, 5) is 3.86. The molecule has 0 aromatic rings. The van der Waals surface area contributed by atoms with Gasteiger partial charge < -0.3 is 9.80 Å². The topological polar surface area (TPSA) is 54.4 Å². The van der Waals surface area contributed by atoms with Crippen molar-refractivity contribution in [2.45, 2.75) is 13.3 Å². The van der Waals surface area contributed by atoms with Gasteiger partial charge in [-0.15, -0.1) is 4.76 Å². The molecule has 1 heterocycles. The fourth-order valence-corrected chi connectivity index (χ4v) is 2.57. The van der Waals surface area contributed by atoms with Crippen LogP contribution in [0.25, 0.3) is 0 Å². The van der Waals surface area contributed by atoms with Crippen molar-refractivity contribution in [2.75, 3.05) is 40.9 Å². The monoisotopic (exact) mass is 249 g/mol. The van der Waals surface area contributed by atoms with Crippen LogP contribution in [0.5, 0.6) is 0 Å². The van der Waals surface area contributed by atoms with E-state index in [9.17, 15) is 4.57 Å². The molecule has 0 amide bonds. The fourth-order valence-electron chi connectivity index (χ4n) is 1.38. The first-order valence-electron chi connectivity index (χ1n) is 5.35. The molecule has 0 radical (unpaired) electrons. The molecule has 94 valence electrons. The summed E-state index contributed by atoms with van der Waals surface area (Å²) in [5, 5.41) is 0. The molecule has 1 aliphatic heterocycles. The number of likely N-dealkylation sites (N-methyl/N-ethyl adjacent to an activating group) is 2. The first-order valence-corrected chi connectivity index (χ1v) is 6.84. The maximum atomic E-state index is 12.1. The Morgan fingerprint density at radius 1 is 1.38 bits per heavy atom. The second-order valence-electron chi connectivity index (χ2n) is 3.73. The average Bonchev–Trinajstić information content (AvgIpc) is 2.58. The number of hydrogen-bond donors (Lipinski definition) is 0.